The Hall–Kier alpha value is -1.82. The van der Waals surface area contributed by atoms with Gasteiger partial charge in [-0.3, -0.25) is 14.4 Å². The topological polar surface area (TPSA) is 80.6 Å². The van der Waals surface area contributed by atoms with Gasteiger partial charge in [-0.05, 0) is 26.8 Å². The fourth-order valence-electron chi connectivity index (χ4n) is 1.05. The zero-order valence-electron chi connectivity index (χ0n) is 10.8. The van der Waals surface area contributed by atoms with Crippen molar-refractivity contribution in [1.29, 1.82) is 0 Å². The molecule has 0 aliphatic heterocycles. The van der Waals surface area contributed by atoms with Crippen LogP contribution in [0.1, 0.15) is 37.6 Å². The average Bonchev–Trinajstić information content (AvgIpc) is 2.78. The summed E-state index contributed by atoms with van der Waals surface area (Å²) < 4.78 is 4.78. The first-order valence-electron chi connectivity index (χ1n) is 5.66. The molecule has 0 aliphatic carbocycles. The van der Waals surface area contributed by atoms with E-state index in [0.29, 0.717) is 5.56 Å². The molecule has 2 amide bonds. The van der Waals surface area contributed by atoms with Crippen molar-refractivity contribution in [3.63, 3.8) is 0 Å². The summed E-state index contributed by atoms with van der Waals surface area (Å²) in [5, 5.41) is 2.60. The number of hydrogen-bond acceptors (Lipinski definition) is 4. The highest BCUT2D eigenvalue weighted by atomic mass is 16.7. The lowest BCUT2D eigenvalue weighted by atomic mass is 10.2. The summed E-state index contributed by atoms with van der Waals surface area (Å²) in [7, 11) is 0. The van der Waals surface area contributed by atoms with E-state index in [1.54, 1.807) is 6.07 Å². The van der Waals surface area contributed by atoms with Crippen LogP contribution >= 0.6 is 0 Å². The van der Waals surface area contributed by atoms with Crippen LogP contribution in [0.15, 0.2) is 23.0 Å². The van der Waals surface area contributed by atoms with Crippen LogP contribution in [-0.4, -0.2) is 24.0 Å². The van der Waals surface area contributed by atoms with Crippen LogP contribution < -0.4 is 10.8 Å². The average molecular weight is 254 g/mol. The molecule has 0 fully saturated rings. The SMILES string of the molecule is CC(C)(C)ONC(=O)CCNC(=O)c1ccoc1. The highest BCUT2D eigenvalue weighted by molar-refractivity contribution is 5.93. The third kappa shape index (κ3) is 5.49. The van der Waals surface area contributed by atoms with Gasteiger partial charge < -0.3 is 9.73 Å². The van der Waals surface area contributed by atoms with Gasteiger partial charge in [-0.15, -0.1) is 0 Å². The quantitative estimate of drug-likeness (QED) is 0.775. The second-order valence-corrected chi connectivity index (χ2v) is 4.76. The largest absolute Gasteiger partial charge is 0.472 e. The highest BCUT2D eigenvalue weighted by Gasteiger charge is 2.13. The molecule has 0 spiro atoms. The summed E-state index contributed by atoms with van der Waals surface area (Å²) in [6.07, 6.45) is 2.91. The maximum absolute atomic E-state index is 11.5. The fraction of sp³-hybridized carbons (Fsp3) is 0.500. The van der Waals surface area contributed by atoms with E-state index >= 15 is 0 Å². The van der Waals surface area contributed by atoms with Crippen molar-refractivity contribution in [2.45, 2.75) is 32.8 Å². The molecule has 18 heavy (non-hydrogen) atoms. The first-order chi connectivity index (χ1) is 8.38. The van der Waals surface area contributed by atoms with E-state index in [1.807, 2.05) is 20.8 Å². The molecular weight excluding hydrogens is 236 g/mol. The summed E-state index contributed by atoms with van der Waals surface area (Å²) in [6, 6.07) is 1.55. The van der Waals surface area contributed by atoms with Gasteiger partial charge in [0.2, 0.25) is 5.91 Å². The number of hydroxylamine groups is 1. The van der Waals surface area contributed by atoms with Crippen molar-refractivity contribution in [3.05, 3.63) is 24.2 Å². The van der Waals surface area contributed by atoms with E-state index in [1.165, 1.54) is 12.5 Å². The molecule has 0 saturated carbocycles. The van der Waals surface area contributed by atoms with E-state index in [-0.39, 0.29) is 24.8 Å². The van der Waals surface area contributed by atoms with Crippen molar-refractivity contribution in [2.75, 3.05) is 6.54 Å². The maximum atomic E-state index is 11.5. The number of nitrogens with one attached hydrogen (secondary N) is 2. The summed E-state index contributed by atoms with van der Waals surface area (Å²) in [5.41, 5.74) is 2.32. The fourth-order valence-corrected chi connectivity index (χ4v) is 1.05. The Kier molecular flexibility index (Phi) is 4.91. The van der Waals surface area contributed by atoms with Crippen LogP contribution in [0.4, 0.5) is 0 Å². The second kappa shape index (κ2) is 6.20. The van der Waals surface area contributed by atoms with Gasteiger partial charge in [-0.2, -0.15) is 0 Å². The van der Waals surface area contributed by atoms with Gasteiger partial charge >= 0.3 is 0 Å². The van der Waals surface area contributed by atoms with Crippen LogP contribution in [0.5, 0.6) is 0 Å². The molecule has 0 unspecified atom stereocenters. The second-order valence-electron chi connectivity index (χ2n) is 4.76. The third-order valence-electron chi connectivity index (χ3n) is 1.89. The zero-order valence-corrected chi connectivity index (χ0v) is 10.8. The van der Waals surface area contributed by atoms with Crippen molar-refractivity contribution < 1.29 is 18.8 Å². The normalized spacial score (nSPS) is 11.1. The van der Waals surface area contributed by atoms with Gasteiger partial charge in [0.15, 0.2) is 0 Å². The summed E-state index contributed by atoms with van der Waals surface area (Å²) in [5.74, 6) is -0.550. The minimum Gasteiger partial charge on any atom is -0.472 e. The van der Waals surface area contributed by atoms with Crippen LogP contribution in [0.2, 0.25) is 0 Å². The maximum Gasteiger partial charge on any atom is 0.254 e. The van der Waals surface area contributed by atoms with Crippen LogP contribution in [0.25, 0.3) is 0 Å². The lowest BCUT2D eigenvalue weighted by molar-refractivity contribution is -0.145. The first kappa shape index (κ1) is 14.2. The molecule has 0 aliphatic rings. The molecule has 6 heteroatoms. The molecule has 0 atom stereocenters. The van der Waals surface area contributed by atoms with Gasteiger partial charge in [-0.25, -0.2) is 5.48 Å². The molecule has 1 heterocycles. The van der Waals surface area contributed by atoms with Crippen LogP contribution in [-0.2, 0) is 9.63 Å². The lowest BCUT2D eigenvalue weighted by Gasteiger charge is -2.18. The number of furan rings is 1. The van der Waals surface area contributed by atoms with Gasteiger partial charge in [0, 0.05) is 13.0 Å². The first-order valence-corrected chi connectivity index (χ1v) is 5.66. The monoisotopic (exact) mass is 254 g/mol. The van der Waals surface area contributed by atoms with Crippen LogP contribution in [0.3, 0.4) is 0 Å². The standard InChI is InChI=1S/C12H18N2O4/c1-12(2,3)18-14-10(15)4-6-13-11(16)9-5-7-17-8-9/h5,7-8H,4,6H2,1-3H3,(H,13,16)(H,14,15). The minimum absolute atomic E-state index is 0.152. The van der Waals surface area contributed by atoms with E-state index in [4.69, 9.17) is 9.25 Å². The van der Waals surface area contributed by atoms with Crippen molar-refractivity contribution in [3.8, 4) is 0 Å². The molecular formula is C12H18N2O4. The summed E-state index contributed by atoms with van der Waals surface area (Å²) in [6.45, 7) is 5.72. The number of carbonyl (C=O) groups is 2. The molecule has 1 aromatic heterocycles. The molecule has 100 valence electrons. The molecule has 0 bridgehead atoms. The van der Waals surface area contributed by atoms with Crippen molar-refractivity contribution in [1.82, 2.24) is 10.8 Å². The molecule has 0 radical (unpaired) electrons. The zero-order chi connectivity index (χ0) is 13.6. The third-order valence-corrected chi connectivity index (χ3v) is 1.89. The summed E-state index contributed by atoms with van der Waals surface area (Å²) in [4.78, 5) is 27.9. The summed E-state index contributed by atoms with van der Waals surface area (Å²) >= 11 is 0. The molecule has 0 saturated heterocycles. The Morgan fingerprint density at radius 1 is 1.39 bits per heavy atom. The Morgan fingerprint density at radius 2 is 2.11 bits per heavy atom. The Bertz CT molecular complexity index is 393. The van der Waals surface area contributed by atoms with Gasteiger partial charge in [0.05, 0.1) is 17.4 Å². The predicted octanol–water partition coefficient (Wildman–Crippen LogP) is 1.25. The number of hydrogen-bond donors (Lipinski definition) is 2. The van der Waals surface area contributed by atoms with E-state index in [2.05, 4.69) is 10.8 Å². The Morgan fingerprint density at radius 3 is 2.67 bits per heavy atom. The number of amides is 2. The number of rotatable bonds is 5. The molecule has 1 rings (SSSR count). The number of carbonyl (C=O) groups excluding carboxylic acids is 2. The molecule has 1 aromatic rings. The van der Waals surface area contributed by atoms with E-state index in [9.17, 15) is 9.59 Å². The lowest BCUT2D eigenvalue weighted by Crippen LogP contribution is -2.35. The smallest absolute Gasteiger partial charge is 0.254 e. The molecule has 0 aromatic carbocycles. The molecule has 2 N–H and O–H groups in total. The van der Waals surface area contributed by atoms with E-state index < -0.39 is 5.60 Å². The van der Waals surface area contributed by atoms with E-state index in [0.717, 1.165) is 0 Å². The van der Waals surface area contributed by atoms with Gasteiger partial charge in [0.1, 0.15) is 6.26 Å². The predicted molar refractivity (Wildman–Crippen MR) is 64.6 cm³/mol. The highest BCUT2D eigenvalue weighted by Crippen LogP contribution is 2.03. The van der Waals surface area contributed by atoms with Crippen LogP contribution in [0, 0.1) is 0 Å². The Labute approximate surface area is 106 Å². The van der Waals surface area contributed by atoms with Crippen molar-refractivity contribution >= 4 is 11.8 Å². The minimum atomic E-state index is -0.435. The van der Waals surface area contributed by atoms with Gasteiger partial charge in [-0.1, -0.05) is 0 Å². The van der Waals surface area contributed by atoms with Crippen molar-refractivity contribution in [2.24, 2.45) is 0 Å². The Balaban J connectivity index is 2.18. The van der Waals surface area contributed by atoms with Gasteiger partial charge in [0.25, 0.3) is 5.91 Å². The molecule has 6 nitrogen and oxygen atoms in total.